The number of aryl methyl sites for hydroxylation is 1. The molecule has 0 saturated carbocycles. The predicted octanol–water partition coefficient (Wildman–Crippen LogP) is 1.32. The molecule has 7 heteroatoms. The topological polar surface area (TPSA) is 57.2 Å². The molecule has 0 saturated heterocycles. The average molecular weight is 531 g/mol. The molecule has 0 aliphatic rings. The highest BCUT2D eigenvalue weighted by atomic mass is 127. The van der Waals surface area contributed by atoms with Crippen LogP contribution in [0.4, 0.5) is 0 Å². The number of benzene rings is 2. The van der Waals surface area contributed by atoms with E-state index in [1.54, 1.807) is 19.5 Å². The summed E-state index contributed by atoms with van der Waals surface area (Å²) in [6.07, 6.45) is 0. The standard InChI is InChI=1S/C13H16ISSi.C7H8O3S/c1-16(2,3)13-10-9-12(15-13)14-11-7-5-4-6-8-11;1-6-2-4-7(5-3-6)11(8,9)10/h4-10H,1-3H3;2-5H,1H3,(H,8,9,10)/q+1;/p-1. The molecule has 2 aromatic carbocycles. The number of thiophene rings is 1. The van der Waals surface area contributed by atoms with Crippen molar-refractivity contribution < 1.29 is 34.2 Å². The zero-order chi connectivity index (χ0) is 20.1. The fourth-order valence-electron chi connectivity index (χ4n) is 2.06. The Bertz CT molecular complexity index is 960. The molecule has 0 N–H and O–H groups in total. The Hall–Kier alpha value is -1.00. The lowest BCUT2D eigenvalue weighted by molar-refractivity contribution is -0.591. The molecule has 1 aromatic heterocycles. The van der Waals surface area contributed by atoms with E-state index in [1.807, 2.05) is 18.3 Å². The van der Waals surface area contributed by atoms with Gasteiger partial charge in [-0.25, -0.2) is 8.42 Å². The molecule has 144 valence electrons. The van der Waals surface area contributed by atoms with Gasteiger partial charge in [0.25, 0.3) is 0 Å². The minimum Gasteiger partial charge on any atom is -0.744 e. The lowest BCUT2D eigenvalue weighted by Crippen LogP contribution is -3.61. The van der Waals surface area contributed by atoms with Crippen molar-refractivity contribution in [3.63, 3.8) is 0 Å². The van der Waals surface area contributed by atoms with Gasteiger partial charge >= 0.3 is 21.2 Å². The molecular weight excluding hydrogens is 507 g/mol. The van der Waals surface area contributed by atoms with Crippen LogP contribution in [-0.2, 0) is 10.1 Å². The van der Waals surface area contributed by atoms with Gasteiger partial charge in [0.2, 0.25) is 2.88 Å². The van der Waals surface area contributed by atoms with E-state index in [0.29, 0.717) is 0 Å². The van der Waals surface area contributed by atoms with Crippen LogP contribution in [0.25, 0.3) is 0 Å². The van der Waals surface area contributed by atoms with Crippen molar-refractivity contribution in [2.75, 3.05) is 0 Å². The average Bonchev–Trinajstić information content (AvgIpc) is 3.05. The maximum atomic E-state index is 10.4. The normalized spacial score (nSPS) is 11.6. The highest BCUT2D eigenvalue weighted by molar-refractivity contribution is 7.85. The molecule has 0 bridgehead atoms. The van der Waals surface area contributed by atoms with E-state index in [9.17, 15) is 13.0 Å². The molecule has 27 heavy (non-hydrogen) atoms. The molecule has 3 nitrogen and oxygen atoms in total. The van der Waals surface area contributed by atoms with E-state index in [4.69, 9.17) is 0 Å². The van der Waals surface area contributed by atoms with Gasteiger partial charge in [0, 0.05) is 6.07 Å². The summed E-state index contributed by atoms with van der Waals surface area (Å²) in [4.78, 5) is -0.178. The van der Waals surface area contributed by atoms with Crippen molar-refractivity contribution in [2.45, 2.75) is 31.5 Å². The Morgan fingerprint density at radius 2 is 1.48 bits per heavy atom. The Balaban J connectivity index is 0.000000208. The molecule has 1 heterocycles. The smallest absolute Gasteiger partial charge is 0.369 e. The lowest BCUT2D eigenvalue weighted by atomic mass is 10.2. The predicted molar refractivity (Wildman–Crippen MR) is 110 cm³/mol. The number of halogens is 1. The van der Waals surface area contributed by atoms with E-state index >= 15 is 0 Å². The Morgan fingerprint density at radius 1 is 0.889 bits per heavy atom. The summed E-state index contributed by atoms with van der Waals surface area (Å²) < 4.78 is 35.9. The molecule has 0 radical (unpaired) electrons. The number of hydrogen-bond acceptors (Lipinski definition) is 4. The summed E-state index contributed by atoms with van der Waals surface area (Å²) in [5, 5.41) is 0. The van der Waals surface area contributed by atoms with Crippen LogP contribution in [0.5, 0.6) is 0 Å². The number of hydrogen-bond donors (Lipinski definition) is 0. The fraction of sp³-hybridized carbons (Fsp3) is 0.200. The third-order valence-corrected chi connectivity index (χ3v) is 12.3. The van der Waals surface area contributed by atoms with Gasteiger partial charge in [-0.2, -0.15) is 0 Å². The molecule has 0 aliphatic carbocycles. The van der Waals surface area contributed by atoms with Crippen molar-refractivity contribution in [3.8, 4) is 0 Å². The van der Waals surface area contributed by atoms with E-state index in [2.05, 4.69) is 62.1 Å². The van der Waals surface area contributed by atoms with Crippen LogP contribution in [0.2, 0.25) is 19.6 Å². The van der Waals surface area contributed by atoms with Crippen molar-refractivity contribution in [1.29, 1.82) is 0 Å². The van der Waals surface area contributed by atoms with Crippen LogP contribution < -0.4 is 25.7 Å². The van der Waals surface area contributed by atoms with Crippen LogP contribution in [-0.4, -0.2) is 21.0 Å². The summed E-state index contributed by atoms with van der Waals surface area (Å²) >= 11 is 2.09. The molecule has 0 amide bonds. The first-order valence-corrected chi connectivity index (χ1v) is 16.3. The van der Waals surface area contributed by atoms with Gasteiger partial charge < -0.3 is 4.55 Å². The molecule has 0 atom stereocenters. The van der Waals surface area contributed by atoms with Gasteiger partial charge in [-0.1, -0.05) is 66.9 Å². The molecule has 0 unspecified atom stereocenters. The summed E-state index contributed by atoms with van der Waals surface area (Å²) in [5.74, 6) is 0. The maximum absolute atomic E-state index is 10.4. The van der Waals surface area contributed by atoms with Gasteiger partial charge in [0.15, 0.2) is 3.57 Å². The van der Waals surface area contributed by atoms with Crippen molar-refractivity contribution in [1.82, 2.24) is 0 Å². The van der Waals surface area contributed by atoms with Crippen LogP contribution in [0.15, 0.2) is 71.6 Å². The minimum atomic E-state index is -4.27. The zero-order valence-corrected chi connectivity index (χ0v) is 20.6. The fourth-order valence-corrected chi connectivity index (χ4v) is 9.20. The van der Waals surface area contributed by atoms with E-state index in [-0.39, 0.29) is 26.1 Å². The monoisotopic (exact) mass is 530 g/mol. The second kappa shape index (κ2) is 9.47. The molecular formula is C20H23IO3S2Si. The molecule has 0 aliphatic heterocycles. The Labute approximate surface area is 177 Å². The Morgan fingerprint density at radius 3 is 1.96 bits per heavy atom. The maximum Gasteiger partial charge on any atom is 0.369 e. The quantitative estimate of drug-likeness (QED) is 0.291. The summed E-state index contributed by atoms with van der Waals surface area (Å²) in [5.41, 5.74) is 0.928. The summed E-state index contributed by atoms with van der Waals surface area (Å²) in [6.45, 7) is 9.08. The molecule has 0 spiro atoms. The van der Waals surface area contributed by atoms with Gasteiger partial charge in [-0.3, -0.25) is 0 Å². The van der Waals surface area contributed by atoms with Crippen LogP contribution >= 0.6 is 11.3 Å². The van der Waals surface area contributed by atoms with Crippen molar-refractivity contribution in [2.24, 2.45) is 0 Å². The van der Waals surface area contributed by atoms with Gasteiger partial charge in [0.1, 0.15) is 10.1 Å². The van der Waals surface area contributed by atoms with E-state index < -0.39 is 18.2 Å². The first-order valence-electron chi connectivity index (χ1n) is 8.38. The highest BCUT2D eigenvalue weighted by Crippen LogP contribution is 2.08. The van der Waals surface area contributed by atoms with Crippen molar-refractivity contribution >= 4 is 34.0 Å². The lowest BCUT2D eigenvalue weighted by Gasteiger charge is -2.11. The molecule has 3 rings (SSSR count). The van der Waals surface area contributed by atoms with Gasteiger partial charge in [-0.15, -0.1) is 0 Å². The first-order chi connectivity index (χ1) is 12.6. The van der Waals surface area contributed by atoms with Gasteiger partial charge in [0.05, 0.1) is 13.0 Å². The van der Waals surface area contributed by atoms with E-state index in [0.717, 1.165) is 5.56 Å². The van der Waals surface area contributed by atoms with Crippen molar-refractivity contribution in [3.05, 3.63) is 78.7 Å². The Kier molecular flexibility index (Phi) is 7.81. The zero-order valence-electron chi connectivity index (χ0n) is 15.8. The first kappa shape index (κ1) is 22.3. The molecule has 0 fully saturated rings. The second-order valence-electron chi connectivity index (χ2n) is 7.01. The third kappa shape index (κ3) is 7.50. The highest BCUT2D eigenvalue weighted by Gasteiger charge is 2.23. The number of rotatable bonds is 4. The summed E-state index contributed by atoms with van der Waals surface area (Å²) in [6, 6.07) is 21.4. The van der Waals surface area contributed by atoms with Crippen LogP contribution in [0.3, 0.4) is 0 Å². The second-order valence-corrected chi connectivity index (χ2v) is 18.6. The largest absolute Gasteiger partial charge is 0.744 e. The van der Waals surface area contributed by atoms with Crippen LogP contribution in [0.1, 0.15) is 5.56 Å². The SMILES string of the molecule is C[Si](C)(C)c1ccc([I+]c2ccccc2)s1.Cc1ccc(S(=O)(=O)[O-])cc1. The summed E-state index contributed by atoms with van der Waals surface area (Å²) in [7, 11) is -5.36. The van der Waals surface area contributed by atoms with Gasteiger partial charge in [-0.05, 0) is 41.8 Å². The van der Waals surface area contributed by atoms with Crippen LogP contribution in [0, 0.1) is 13.4 Å². The minimum absolute atomic E-state index is 0.0419. The molecule has 3 aromatic rings. The van der Waals surface area contributed by atoms with E-state index in [1.165, 1.54) is 15.7 Å². The third-order valence-electron chi connectivity index (χ3n) is 3.56.